The van der Waals surface area contributed by atoms with E-state index < -0.39 is 0 Å². The molecule has 25 heavy (non-hydrogen) atoms. The van der Waals surface area contributed by atoms with Gasteiger partial charge in [-0.3, -0.25) is 4.79 Å². The molecular weight excluding hydrogens is 312 g/mol. The maximum absolute atomic E-state index is 11.9. The minimum atomic E-state index is -0.0609. The summed E-state index contributed by atoms with van der Waals surface area (Å²) in [6.45, 7) is 0. The van der Waals surface area contributed by atoms with Gasteiger partial charge in [-0.15, -0.1) is 0 Å². The molecule has 4 heteroatoms. The van der Waals surface area contributed by atoms with Gasteiger partial charge in [0.15, 0.2) is 0 Å². The third kappa shape index (κ3) is 3.26. The summed E-state index contributed by atoms with van der Waals surface area (Å²) in [6.07, 6.45) is 7.16. The van der Waals surface area contributed by atoms with Gasteiger partial charge in [-0.2, -0.15) is 0 Å². The second-order valence-electron chi connectivity index (χ2n) is 7.54. The Bertz CT molecular complexity index is 752. The lowest BCUT2D eigenvalue weighted by molar-refractivity contribution is 0.0827. The van der Waals surface area contributed by atoms with E-state index in [4.69, 9.17) is 4.74 Å². The van der Waals surface area contributed by atoms with Crippen LogP contribution in [0, 0.1) is 11.8 Å². The van der Waals surface area contributed by atoms with Crippen LogP contribution >= 0.6 is 0 Å². The summed E-state index contributed by atoms with van der Waals surface area (Å²) in [7, 11) is 3.45. The normalized spacial score (nSPS) is 24.3. The number of ether oxygens (including phenoxy) is 1. The number of aromatic nitrogens is 1. The van der Waals surface area contributed by atoms with Crippen molar-refractivity contribution in [1.82, 2.24) is 9.88 Å². The van der Waals surface area contributed by atoms with Crippen LogP contribution < -0.4 is 4.74 Å². The van der Waals surface area contributed by atoms with E-state index in [0.717, 1.165) is 23.5 Å². The van der Waals surface area contributed by atoms with Crippen LogP contribution in [0.5, 0.6) is 11.6 Å². The molecule has 0 spiro atoms. The molecule has 2 saturated carbocycles. The van der Waals surface area contributed by atoms with Crippen LogP contribution in [0.15, 0.2) is 42.6 Å². The van der Waals surface area contributed by atoms with E-state index >= 15 is 0 Å². The summed E-state index contributed by atoms with van der Waals surface area (Å²) in [5, 5.41) is 0. The summed E-state index contributed by atoms with van der Waals surface area (Å²) in [5.41, 5.74) is 2.00. The SMILES string of the molecule is CN(C)C(=O)c1ccc(Oc2ccc(C3C[C@@H]4CC[C@H]3C4)cc2)nc1. The zero-order valence-corrected chi connectivity index (χ0v) is 14.8. The number of hydrogen-bond acceptors (Lipinski definition) is 3. The molecule has 2 aliphatic carbocycles. The maximum Gasteiger partial charge on any atom is 0.254 e. The molecule has 2 aromatic rings. The van der Waals surface area contributed by atoms with Crippen LogP contribution in [0.3, 0.4) is 0 Å². The Labute approximate surface area is 148 Å². The Morgan fingerprint density at radius 2 is 1.88 bits per heavy atom. The fraction of sp³-hybridized carbons (Fsp3) is 0.429. The van der Waals surface area contributed by atoms with Crippen LogP contribution in [0.2, 0.25) is 0 Å². The molecular formula is C21H24N2O2. The van der Waals surface area contributed by atoms with Gasteiger partial charge in [0.1, 0.15) is 5.75 Å². The predicted octanol–water partition coefficient (Wildman–Crippen LogP) is 4.48. The molecule has 0 aliphatic heterocycles. The minimum absolute atomic E-state index is 0.0609. The number of rotatable bonds is 4. The zero-order valence-electron chi connectivity index (χ0n) is 14.8. The molecule has 130 valence electrons. The third-order valence-electron chi connectivity index (χ3n) is 5.66. The molecule has 2 fully saturated rings. The van der Waals surface area contributed by atoms with Crippen molar-refractivity contribution < 1.29 is 9.53 Å². The second kappa shape index (κ2) is 6.51. The summed E-state index contributed by atoms with van der Waals surface area (Å²) in [6, 6.07) is 11.9. The molecule has 1 aromatic carbocycles. The molecule has 1 amide bonds. The second-order valence-corrected chi connectivity index (χ2v) is 7.54. The van der Waals surface area contributed by atoms with Crippen molar-refractivity contribution in [2.45, 2.75) is 31.6 Å². The van der Waals surface area contributed by atoms with Gasteiger partial charge in [-0.25, -0.2) is 4.98 Å². The van der Waals surface area contributed by atoms with Crippen molar-refractivity contribution in [3.8, 4) is 11.6 Å². The lowest BCUT2D eigenvalue weighted by Crippen LogP contribution is -2.21. The molecule has 1 unspecified atom stereocenters. The van der Waals surface area contributed by atoms with Gasteiger partial charge in [0.05, 0.1) is 5.56 Å². The number of benzene rings is 1. The summed E-state index contributed by atoms with van der Waals surface area (Å²) < 4.78 is 5.82. The molecule has 2 aliphatic rings. The molecule has 4 rings (SSSR count). The monoisotopic (exact) mass is 336 g/mol. The van der Waals surface area contributed by atoms with Crippen molar-refractivity contribution >= 4 is 5.91 Å². The van der Waals surface area contributed by atoms with Gasteiger partial charge in [0.2, 0.25) is 5.88 Å². The topological polar surface area (TPSA) is 42.4 Å². The van der Waals surface area contributed by atoms with Crippen molar-refractivity contribution in [3.05, 3.63) is 53.7 Å². The van der Waals surface area contributed by atoms with Crippen molar-refractivity contribution in [1.29, 1.82) is 0 Å². The molecule has 4 nitrogen and oxygen atoms in total. The number of hydrogen-bond donors (Lipinski definition) is 0. The number of nitrogens with zero attached hydrogens (tertiary/aromatic N) is 2. The predicted molar refractivity (Wildman–Crippen MR) is 97.0 cm³/mol. The van der Waals surface area contributed by atoms with Gasteiger partial charge in [-0.1, -0.05) is 18.6 Å². The van der Waals surface area contributed by atoms with E-state index in [1.165, 1.54) is 36.1 Å². The first-order chi connectivity index (χ1) is 12.1. The van der Waals surface area contributed by atoms with Gasteiger partial charge < -0.3 is 9.64 Å². The third-order valence-corrected chi connectivity index (χ3v) is 5.66. The van der Waals surface area contributed by atoms with Gasteiger partial charge in [0.25, 0.3) is 5.91 Å². The van der Waals surface area contributed by atoms with E-state index in [2.05, 4.69) is 17.1 Å². The highest BCUT2D eigenvalue weighted by molar-refractivity contribution is 5.93. The Kier molecular flexibility index (Phi) is 4.20. The van der Waals surface area contributed by atoms with Crippen molar-refractivity contribution in [3.63, 3.8) is 0 Å². The zero-order chi connectivity index (χ0) is 17.4. The van der Waals surface area contributed by atoms with Crippen LogP contribution in [-0.4, -0.2) is 29.9 Å². The number of amides is 1. The van der Waals surface area contributed by atoms with Crippen LogP contribution in [0.25, 0.3) is 0 Å². The molecule has 3 atom stereocenters. The van der Waals surface area contributed by atoms with E-state index in [1.54, 1.807) is 32.4 Å². The summed E-state index contributed by atoms with van der Waals surface area (Å²) >= 11 is 0. The van der Waals surface area contributed by atoms with Crippen LogP contribution in [0.1, 0.15) is 47.5 Å². The molecule has 0 saturated heterocycles. The average molecular weight is 336 g/mol. The van der Waals surface area contributed by atoms with Gasteiger partial charge >= 0.3 is 0 Å². The first kappa shape index (κ1) is 16.1. The number of carbonyl (C=O) groups excluding carboxylic acids is 1. The Balaban J connectivity index is 1.42. The minimum Gasteiger partial charge on any atom is -0.439 e. The highest BCUT2D eigenvalue weighted by atomic mass is 16.5. The Morgan fingerprint density at radius 3 is 2.44 bits per heavy atom. The number of pyridine rings is 1. The number of fused-ring (bicyclic) bond motifs is 2. The van der Waals surface area contributed by atoms with Gasteiger partial charge in [-0.05, 0) is 60.8 Å². The average Bonchev–Trinajstić information content (AvgIpc) is 3.26. The fourth-order valence-corrected chi connectivity index (χ4v) is 4.38. The highest BCUT2D eigenvalue weighted by Gasteiger charge is 2.39. The maximum atomic E-state index is 11.9. The van der Waals surface area contributed by atoms with E-state index in [1.807, 2.05) is 12.1 Å². The highest BCUT2D eigenvalue weighted by Crippen LogP contribution is 2.52. The van der Waals surface area contributed by atoms with Crippen LogP contribution in [0.4, 0.5) is 0 Å². The first-order valence-corrected chi connectivity index (χ1v) is 9.05. The first-order valence-electron chi connectivity index (χ1n) is 9.05. The lowest BCUT2D eigenvalue weighted by Gasteiger charge is -2.22. The summed E-state index contributed by atoms with van der Waals surface area (Å²) in [4.78, 5) is 17.6. The van der Waals surface area contributed by atoms with Crippen molar-refractivity contribution in [2.75, 3.05) is 14.1 Å². The smallest absolute Gasteiger partial charge is 0.254 e. The molecule has 1 aromatic heterocycles. The largest absolute Gasteiger partial charge is 0.439 e. The van der Waals surface area contributed by atoms with E-state index in [9.17, 15) is 4.79 Å². The van der Waals surface area contributed by atoms with Gasteiger partial charge in [0, 0.05) is 26.4 Å². The number of carbonyl (C=O) groups is 1. The Hall–Kier alpha value is -2.36. The fourth-order valence-electron chi connectivity index (χ4n) is 4.38. The van der Waals surface area contributed by atoms with E-state index in [-0.39, 0.29) is 5.91 Å². The quantitative estimate of drug-likeness (QED) is 0.827. The van der Waals surface area contributed by atoms with E-state index in [0.29, 0.717) is 11.4 Å². The molecule has 2 bridgehead atoms. The molecule has 0 radical (unpaired) electrons. The van der Waals surface area contributed by atoms with Crippen LogP contribution in [-0.2, 0) is 0 Å². The van der Waals surface area contributed by atoms with Crippen molar-refractivity contribution in [2.24, 2.45) is 11.8 Å². The lowest BCUT2D eigenvalue weighted by atomic mass is 9.83. The standard InChI is InChI=1S/C21H24N2O2/c1-23(2)21(24)17-7-10-20(22-13-17)25-18-8-5-15(6-9-18)19-12-14-3-4-16(19)11-14/h5-10,13-14,16,19H,3-4,11-12H2,1-2H3/t14-,16+,19?/m1/s1. The molecule has 0 N–H and O–H groups in total. The summed E-state index contributed by atoms with van der Waals surface area (Å²) in [5.74, 6) is 3.81. The molecule has 1 heterocycles. The Morgan fingerprint density at radius 1 is 1.08 bits per heavy atom.